The Morgan fingerprint density at radius 2 is 1.89 bits per heavy atom. The first-order chi connectivity index (χ1) is 13.6. The number of aryl methyl sites for hydroxylation is 1. The topological polar surface area (TPSA) is 85.8 Å². The monoisotopic (exact) mass is 386 g/mol. The summed E-state index contributed by atoms with van der Waals surface area (Å²) in [5.41, 5.74) is 1.52. The summed E-state index contributed by atoms with van der Waals surface area (Å²) in [5, 5.41) is 3.28. The van der Waals surface area contributed by atoms with E-state index in [0.29, 0.717) is 61.7 Å². The molecule has 8 nitrogen and oxygen atoms in total. The molecule has 1 aromatic carbocycles. The third-order valence-electron chi connectivity index (χ3n) is 4.52. The first-order valence-electron chi connectivity index (χ1n) is 9.28. The summed E-state index contributed by atoms with van der Waals surface area (Å²) < 4.78 is 15.9. The number of nitrogens with zero attached hydrogens (tertiary/aromatic N) is 3. The van der Waals surface area contributed by atoms with Gasteiger partial charge in [-0.05, 0) is 31.0 Å². The van der Waals surface area contributed by atoms with Gasteiger partial charge in [-0.1, -0.05) is 6.07 Å². The molecule has 0 atom stereocenters. The maximum absolute atomic E-state index is 12.7. The molecule has 1 aromatic heterocycles. The van der Waals surface area contributed by atoms with E-state index in [0.717, 1.165) is 12.0 Å². The largest absolute Gasteiger partial charge is 0.493 e. The smallest absolute Gasteiger partial charge is 0.272 e. The number of carbonyl (C=O) groups is 1. The minimum atomic E-state index is -0.0864. The number of amides is 1. The second-order valence-corrected chi connectivity index (χ2v) is 6.46. The molecule has 0 saturated carbocycles. The van der Waals surface area contributed by atoms with E-state index in [4.69, 9.17) is 14.2 Å². The number of ether oxygens (including phenoxy) is 3. The van der Waals surface area contributed by atoms with Gasteiger partial charge in [0.25, 0.3) is 5.91 Å². The summed E-state index contributed by atoms with van der Waals surface area (Å²) in [6, 6.07) is 7.56. The molecule has 0 unspecified atom stereocenters. The van der Waals surface area contributed by atoms with Crippen molar-refractivity contribution in [2.75, 3.05) is 52.4 Å². The molecular weight excluding hydrogens is 360 g/mol. The normalized spacial score (nSPS) is 13.9. The maximum Gasteiger partial charge on any atom is 0.272 e. The number of aromatic nitrogens is 2. The highest BCUT2D eigenvalue weighted by atomic mass is 16.5. The highest BCUT2D eigenvalue weighted by Gasteiger charge is 2.20. The Morgan fingerprint density at radius 1 is 1.14 bits per heavy atom. The average Bonchev–Trinajstić information content (AvgIpc) is 2.73. The first kappa shape index (κ1) is 19.9. The van der Waals surface area contributed by atoms with E-state index >= 15 is 0 Å². The minimum Gasteiger partial charge on any atom is -0.493 e. The number of methoxy groups -OCH3 is 2. The van der Waals surface area contributed by atoms with Gasteiger partial charge in [0.05, 0.1) is 27.4 Å². The molecule has 0 bridgehead atoms. The van der Waals surface area contributed by atoms with Gasteiger partial charge in [-0.15, -0.1) is 0 Å². The van der Waals surface area contributed by atoms with E-state index in [2.05, 4.69) is 15.3 Å². The van der Waals surface area contributed by atoms with Gasteiger partial charge in [0.15, 0.2) is 11.5 Å². The number of hydrogen-bond acceptors (Lipinski definition) is 7. The summed E-state index contributed by atoms with van der Waals surface area (Å²) >= 11 is 0. The van der Waals surface area contributed by atoms with Crippen LogP contribution >= 0.6 is 0 Å². The Bertz CT molecular complexity index is 822. The molecule has 2 heterocycles. The summed E-state index contributed by atoms with van der Waals surface area (Å²) in [4.78, 5) is 23.1. The third kappa shape index (κ3) is 4.89. The molecule has 0 spiro atoms. The average molecular weight is 386 g/mol. The van der Waals surface area contributed by atoms with Crippen LogP contribution in [0.25, 0.3) is 0 Å². The second-order valence-electron chi connectivity index (χ2n) is 6.46. The van der Waals surface area contributed by atoms with E-state index in [1.807, 2.05) is 18.2 Å². The fraction of sp³-hybridized carbons (Fsp3) is 0.450. The lowest BCUT2D eigenvalue weighted by Gasteiger charge is -2.26. The molecule has 1 saturated heterocycles. The zero-order valence-electron chi connectivity index (χ0n) is 16.5. The van der Waals surface area contributed by atoms with E-state index in [1.54, 1.807) is 32.1 Å². The van der Waals surface area contributed by atoms with Gasteiger partial charge in [-0.25, -0.2) is 9.97 Å². The number of benzene rings is 1. The molecule has 1 aliphatic rings. The van der Waals surface area contributed by atoms with Crippen molar-refractivity contribution in [3.05, 3.63) is 41.3 Å². The molecule has 3 rings (SSSR count). The van der Waals surface area contributed by atoms with E-state index < -0.39 is 0 Å². The predicted molar refractivity (Wildman–Crippen MR) is 105 cm³/mol. The molecule has 0 radical (unpaired) electrons. The number of hydrogen-bond donors (Lipinski definition) is 1. The van der Waals surface area contributed by atoms with Crippen molar-refractivity contribution in [3.63, 3.8) is 0 Å². The van der Waals surface area contributed by atoms with Crippen LogP contribution in [0.3, 0.4) is 0 Å². The third-order valence-corrected chi connectivity index (χ3v) is 4.52. The Hall–Kier alpha value is -2.87. The van der Waals surface area contributed by atoms with Crippen LogP contribution in [0.5, 0.6) is 11.5 Å². The van der Waals surface area contributed by atoms with Crippen LogP contribution < -0.4 is 14.8 Å². The summed E-state index contributed by atoms with van der Waals surface area (Å²) in [5.74, 6) is 2.53. The standard InChI is InChI=1S/C20H26N4O4/c1-14-22-16(20(25)24-8-10-28-11-9-24)13-19(23-14)21-7-6-15-4-5-17(26-2)18(12-15)27-3/h4-5,12-13H,6-11H2,1-3H3,(H,21,22,23). The van der Waals surface area contributed by atoms with Crippen LogP contribution in [-0.4, -0.2) is 67.8 Å². The van der Waals surface area contributed by atoms with Crippen LogP contribution in [0.2, 0.25) is 0 Å². The minimum absolute atomic E-state index is 0.0864. The summed E-state index contributed by atoms with van der Waals surface area (Å²) in [6.45, 7) is 4.75. The fourth-order valence-corrected chi connectivity index (χ4v) is 3.07. The van der Waals surface area contributed by atoms with Crippen molar-refractivity contribution in [2.24, 2.45) is 0 Å². The molecular formula is C20H26N4O4. The van der Waals surface area contributed by atoms with Gasteiger partial charge in [-0.2, -0.15) is 0 Å². The molecule has 1 aliphatic heterocycles. The molecule has 28 heavy (non-hydrogen) atoms. The molecule has 150 valence electrons. The Balaban J connectivity index is 1.63. The zero-order valence-corrected chi connectivity index (χ0v) is 16.5. The quantitative estimate of drug-likeness (QED) is 0.778. The van der Waals surface area contributed by atoms with Gasteiger partial charge < -0.3 is 24.4 Å². The molecule has 1 fully saturated rings. The molecule has 1 amide bonds. The van der Waals surface area contributed by atoms with Crippen molar-refractivity contribution in [1.29, 1.82) is 0 Å². The van der Waals surface area contributed by atoms with Gasteiger partial charge in [0.1, 0.15) is 17.3 Å². The van der Waals surface area contributed by atoms with Gasteiger partial charge in [0.2, 0.25) is 0 Å². The molecule has 8 heteroatoms. The number of carbonyl (C=O) groups excluding carboxylic acids is 1. The zero-order chi connectivity index (χ0) is 19.9. The van der Waals surface area contributed by atoms with Crippen LogP contribution in [-0.2, 0) is 11.2 Å². The second kappa shape index (κ2) is 9.36. The number of morpholine rings is 1. The van der Waals surface area contributed by atoms with Gasteiger partial charge in [0, 0.05) is 25.7 Å². The summed E-state index contributed by atoms with van der Waals surface area (Å²) in [7, 11) is 3.24. The highest BCUT2D eigenvalue weighted by Crippen LogP contribution is 2.27. The predicted octanol–water partition coefficient (Wildman–Crippen LogP) is 1.93. The lowest BCUT2D eigenvalue weighted by molar-refractivity contribution is 0.0299. The molecule has 2 aromatic rings. The van der Waals surface area contributed by atoms with Crippen molar-refractivity contribution in [2.45, 2.75) is 13.3 Å². The van der Waals surface area contributed by atoms with Crippen LogP contribution in [0, 0.1) is 6.92 Å². The Labute approximate surface area is 164 Å². The molecule has 0 aliphatic carbocycles. The number of anilines is 1. The molecule has 1 N–H and O–H groups in total. The fourth-order valence-electron chi connectivity index (χ4n) is 3.07. The van der Waals surface area contributed by atoms with Crippen LogP contribution in [0.4, 0.5) is 5.82 Å². The van der Waals surface area contributed by atoms with Crippen LogP contribution in [0.15, 0.2) is 24.3 Å². The Morgan fingerprint density at radius 3 is 2.61 bits per heavy atom. The lowest BCUT2D eigenvalue weighted by Crippen LogP contribution is -2.41. The highest BCUT2D eigenvalue weighted by molar-refractivity contribution is 5.93. The summed E-state index contributed by atoms with van der Waals surface area (Å²) in [6.07, 6.45) is 0.774. The maximum atomic E-state index is 12.7. The number of nitrogens with one attached hydrogen (secondary N) is 1. The van der Waals surface area contributed by atoms with Gasteiger partial charge in [-0.3, -0.25) is 4.79 Å². The van der Waals surface area contributed by atoms with Crippen LogP contribution in [0.1, 0.15) is 21.9 Å². The van der Waals surface area contributed by atoms with Gasteiger partial charge >= 0.3 is 0 Å². The lowest BCUT2D eigenvalue weighted by atomic mass is 10.1. The SMILES string of the molecule is COc1ccc(CCNc2cc(C(=O)N3CCOCC3)nc(C)n2)cc1OC. The number of rotatable bonds is 7. The van der Waals surface area contributed by atoms with Crippen molar-refractivity contribution in [3.8, 4) is 11.5 Å². The van der Waals surface area contributed by atoms with E-state index in [1.165, 1.54) is 0 Å². The Kier molecular flexibility index (Phi) is 6.65. The van der Waals surface area contributed by atoms with E-state index in [9.17, 15) is 4.79 Å². The van der Waals surface area contributed by atoms with Crippen molar-refractivity contribution >= 4 is 11.7 Å². The van der Waals surface area contributed by atoms with E-state index in [-0.39, 0.29) is 5.91 Å². The van der Waals surface area contributed by atoms with Crippen molar-refractivity contribution < 1.29 is 19.0 Å². The first-order valence-corrected chi connectivity index (χ1v) is 9.28. The van der Waals surface area contributed by atoms with Crippen molar-refractivity contribution in [1.82, 2.24) is 14.9 Å².